The topological polar surface area (TPSA) is 35.5 Å². The summed E-state index contributed by atoms with van der Waals surface area (Å²) in [7, 11) is 5.24. The Bertz CT molecular complexity index is 431. The summed E-state index contributed by atoms with van der Waals surface area (Å²) in [5, 5.41) is 1.31. The summed E-state index contributed by atoms with van der Waals surface area (Å²) >= 11 is 2.20. The molecule has 0 saturated heterocycles. The number of rotatable bonds is 4. The van der Waals surface area contributed by atoms with Gasteiger partial charge in [0.15, 0.2) is 5.52 Å². The van der Waals surface area contributed by atoms with Crippen LogP contribution in [0.1, 0.15) is 35.3 Å². The van der Waals surface area contributed by atoms with Crippen molar-refractivity contribution in [3.05, 3.63) is 22.8 Å². The second kappa shape index (κ2) is 9.45. The van der Waals surface area contributed by atoms with Crippen molar-refractivity contribution in [3.63, 3.8) is 0 Å². The fourth-order valence-electron chi connectivity index (χ4n) is 1.70. The minimum atomic E-state index is -0.129. The minimum absolute atomic E-state index is 0.129. The van der Waals surface area contributed by atoms with Crippen molar-refractivity contribution in [2.24, 2.45) is 5.92 Å². The normalized spacial score (nSPS) is 9.90. The van der Waals surface area contributed by atoms with Gasteiger partial charge in [-0.1, -0.05) is 9.24 Å². The van der Waals surface area contributed by atoms with Crippen LogP contribution >= 0.6 is 9.24 Å². The van der Waals surface area contributed by atoms with E-state index in [4.69, 9.17) is 9.47 Å². The summed E-state index contributed by atoms with van der Waals surface area (Å²) in [6, 6.07) is 1.94. The fourth-order valence-corrected chi connectivity index (χ4v) is 1.97. The van der Waals surface area contributed by atoms with Crippen molar-refractivity contribution < 1.29 is 14.3 Å². The van der Waals surface area contributed by atoms with E-state index in [0.717, 1.165) is 17.0 Å². The van der Waals surface area contributed by atoms with Gasteiger partial charge in [-0.15, -0.1) is 0 Å². The SMILES string of the molecule is COc1c(C)cc(C)c(OC)c1C(=O)P.[Li][CH2]C(C)C. The average Bonchev–Trinajstić information content (AvgIpc) is 2.38. The molecule has 1 aromatic rings. The molecule has 0 saturated carbocycles. The Hall–Kier alpha value is -0.483. The van der Waals surface area contributed by atoms with Crippen molar-refractivity contribution in [3.8, 4) is 11.5 Å². The Morgan fingerprint density at radius 3 is 1.75 bits per heavy atom. The molecule has 1 unspecified atom stereocenters. The Morgan fingerprint density at radius 2 is 1.55 bits per heavy atom. The zero-order valence-corrected chi connectivity index (χ0v) is 14.8. The first-order valence-electron chi connectivity index (χ1n) is 6.81. The molecular weight excluding hydrogens is 266 g/mol. The summed E-state index contributed by atoms with van der Waals surface area (Å²) in [6.07, 6.45) is 0. The van der Waals surface area contributed by atoms with Gasteiger partial charge < -0.3 is 9.47 Å². The monoisotopic (exact) mass is 290 g/mol. The van der Waals surface area contributed by atoms with E-state index in [1.165, 1.54) is 5.09 Å². The van der Waals surface area contributed by atoms with E-state index >= 15 is 0 Å². The Balaban J connectivity index is 0.000000621. The molecule has 0 aliphatic rings. The number of ether oxygens (including phenoxy) is 2. The summed E-state index contributed by atoms with van der Waals surface area (Å²) in [5.74, 6) is 2.05. The van der Waals surface area contributed by atoms with Gasteiger partial charge in [-0.3, -0.25) is 4.79 Å². The summed E-state index contributed by atoms with van der Waals surface area (Å²) in [4.78, 5) is 11.5. The van der Waals surface area contributed by atoms with Gasteiger partial charge in [0.25, 0.3) is 0 Å². The molecule has 0 fully saturated rings. The number of aryl methyl sites for hydroxylation is 2. The van der Waals surface area contributed by atoms with Gasteiger partial charge in [-0.05, 0) is 31.0 Å². The third-order valence-electron chi connectivity index (χ3n) is 3.07. The summed E-state index contributed by atoms with van der Waals surface area (Å²) in [6.45, 7) is 8.25. The maximum atomic E-state index is 11.5. The number of carbonyl (C=O) groups excluding carboxylic acids is 1. The maximum absolute atomic E-state index is 11.5. The molecule has 0 spiro atoms. The summed E-state index contributed by atoms with van der Waals surface area (Å²) in [5.41, 5.74) is 2.22. The molecule has 0 amide bonds. The van der Waals surface area contributed by atoms with Crippen LogP contribution in [-0.4, -0.2) is 37.5 Å². The number of methoxy groups -OCH3 is 2. The van der Waals surface area contributed by atoms with Crippen LogP contribution in [0.3, 0.4) is 0 Å². The Kier molecular flexibility index (Phi) is 9.22. The quantitative estimate of drug-likeness (QED) is 0.628. The van der Waals surface area contributed by atoms with Crippen LogP contribution in [-0.2, 0) is 0 Å². The molecule has 5 heteroatoms. The van der Waals surface area contributed by atoms with Crippen LogP contribution in [0.4, 0.5) is 0 Å². The molecule has 0 bridgehead atoms. The molecule has 0 radical (unpaired) electrons. The second-order valence-corrected chi connectivity index (χ2v) is 5.64. The number of benzene rings is 1. The molecule has 0 aliphatic carbocycles. The Morgan fingerprint density at radius 1 is 1.20 bits per heavy atom. The molecule has 0 aliphatic heterocycles. The molecule has 1 rings (SSSR count). The van der Waals surface area contributed by atoms with Crippen molar-refractivity contribution in [1.82, 2.24) is 0 Å². The van der Waals surface area contributed by atoms with Gasteiger partial charge in [0.2, 0.25) is 0 Å². The number of carbonyl (C=O) groups is 1. The van der Waals surface area contributed by atoms with E-state index in [2.05, 4.69) is 40.8 Å². The van der Waals surface area contributed by atoms with Crippen LogP contribution in [0.2, 0.25) is 5.09 Å². The van der Waals surface area contributed by atoms with Gasteiger partial charge in [0, 0.05) is 0 Å². The van der Waals surface area contributed by atoms with Crippen molar-refractivity contribution >= 4 is 32.5 Å². The van der Waals surface area contributed by atoms with Crippen LogP contribution in [0.15, 0.2) is 6.07 Å². The summed E-state index contributed by atoms with van der Waals surface area (Å²) < 4.78 is 10.4. The molecule has 108 valence electrons. The van der Waals surface area contributed by atoms with Crippen molar-refractivity contribution in [1.29, 1.82) is 0 Å². The first-order valence-corrected chi connectivity index (χ1v) is 7.39. The molecular formula is C15H24LiO3P. The van der Waals surface area contributed by atoms with Crippen LogP contribution in [0, 0.1) is 19.8 Å². The zero-order valence-electron chi connectivity index (χ0n) is 13.7. The molecule has 0 aromatic heterocycles. The molecule has 0 heterocycles. The molecule has 1 atom stereocenters. The van der Waals surface area contributed by atoms with E-state index in [0.29, 0.717) is 17.1 Å². The van der Waals surface area contributed by atoms with E-state index in [1.807, 2.05) is 19.9 Å². The molecule has 20 heavy (non-hydrogen) atoms. The van der Waals surface area contributed by atoms with Crippen LogP contribution < -0.4 is 9.47 Å². The van der Waals surface area contributed by atoms with Crippen LogP contribution in [0.25, 0.3) is 0 Å². The Labute approximate surface area is 134 Å². The van der Waals surface area contributed by atoms with Crippen LogP contribution in [0.5, 0.6) is 11.5 Å². The number of hydrogen-bond donors (Lipinski definition) is 0. The predicted octanol–water partition coefficient (Wildman–Crippen LogP) is 3.57. The van der Waals surface area contributed by atoms with Gasteiger partial charge >= 0.3 is 42.6 Å². The third kappa shape index (κ3) is 5.49. The van der Waals surface area contributed by atoms with E-state index in [1.54, 1.807) is 14.2 Å². The molecule has 1 aromatic carbocycles. The van der Waals surface area contributed by atoms with Crippen molar-refractivity contribution in [2.45, 2.75) is 32.8 Å². The van der Waals surface area contributed by atoms with Gasteiger partial charge in [-0.25, -0.2) is 0 Å². The van der Waals surface area contributed by atoms with Crippen molar-refractivity contribution in [2.75, 3.05) is 14.2 Å². The standard InChI is InChI=1S/C11H15O3P.C4H9.Li/c1-6-5-7(2)10(14-4)8(11(12)15)9(6)13-3;1-4(2)3;/h5H,15H2,1-4H3;4H,1H2,2-3H3;. The predicted molar refractivity (Wildman–Crippen MR) is 88.5 cm³/mol. The van der Waals surface area contributed by atoms with E-state index in [9.17, 15) is 4.79 Å². The van der Waals surface area contributed by atoms with E-state index < -0.39 is 0 Å². The molecule has 3 nitrogen and oxygen atoms in total. The third-order valence-corrected chi connectivity index (χ3v) is 3.36. The zero-order chi connectivity index (χ0) is 15.9. The van der Waals surface area contributed by atoms with Gasteiger partial charge in [0.1, 0.15) is 17.1 Å². The molecule has 0 N–H and O–H groups in total. The van der Waals surface area contributed by atoms with Gasteiger partial charge in [-0.2, -0.15) is 0 Å². The van der Waals surface area contributed by atoms with E-state index in [-0.39, 0.29) is 5.52 Å². The average molecular weight is 290 g/mol. The van der Waals surface area contributed by atoms with Gasteiger partial charge in [0.05, 0.1) is 14.2 Å². The second-order valence-electron chi connectivity index (χ2n) is 5.12. The fraction of sp³-hybridized carbons (Fsp3) is 0.533. The number of hydrogen-bond acceptors (Lipinski definition) is 3. The first-order chi connectivity index (χ1) is 9.29. The first kappa shape index (κ1) is 19.5.